The molecule has 1 aliphatic heterocycles. The average molecular weight is 330 g/mol. The predicted octanol–water partition coefficient (Wildman–Crippen LogP) is 4.37. The molecule has 2 aromatic rings. The fourth-order valence-electron chi connectivity index (χ4n) is 2.81. The minimum absolute atomic E-state index is 0.192. The lowest BCUT2D eigenvalue weighted by atomic mass is 10.2. The van der Waals surface area contributed by atoms with E-state index in [0.29, 0.717) is 16.3 Å². The summed E-state index contributed by atoms with van der Waals surface area (Å²) >= 11 is 6.09. The summed E-state index contributed by atoms with van der Waals surface area (Å²) in [5, 5.41) is 3.37. The first-order chi connectivity index (χ1) is 11.2. The van der Waals surface area contributed by atoms with Crippen LogP contribution < -0.4 is 10.2 Å². The van der Waals surface area contributed by atoms with Gasteiger partial charge in [-0.15, -0.1) is 0 Å². The van der Waals surface area contributed by atoms with Crippen LogP contribution in [0.4, 0.5) is 11.4 Å². The molecular formula is C18H20ClN3O. The van der Waals surface area contributed by atoms with Crippen molar-refractivity contribution in [3.63, 3.8) is 0 Å². The van der Waals surface area contributed by atoms with Crippen molar-refractivity contribution in [3.05, 3.63) is 53.3 Å². The first-order valence-corrected chi connectivity index (χ1v) is 8.38. The number of aromatic nitrogens is 1. The summed E-state index contributed by atoms with van der Waals surface area (Å²) in [5.41, 5.74) is 2.17. The summed E-state index contributed by atoms with van der Waals surface area (Å²) in [6, 6.07) is 9.12. The van der Waals surface area contributed by atoms with Gasteiger partial charge in [0.25, 0.3) is 5.91 Å². The van der Waals surface area contributed by atoms with Crippen molar-refractivity contribution in [2.24, 2.45) is 0 Å². The molecule has 5 heteroatoms. The fraction of sp³-hybridized carbons (Fsp3) is 0.333. The molecule has 4 nitrogen and oxygen atoms in total. The second-order valence-electron chi connectivity index (χ2n) is 5.77. The molecule has 0 spiro atoms. The highest BCUT2D eigenvalue weighted by molar-refractivity contribution is 6.33. The lowest BCUT2D eigenvalue weighted by Gasteiger charge is -2.22. The topological polar surface area (TPSA) is 45.2 Å². The molecule has 1 aromatic heterocycles. The third kappa shape index (κ3) is 4.02. The second kappa shape index (κ2) is 7.47. The van der Waals surface area contributed by atoms with E-state index in [0.717, 1.165) is 18.8 Å². The van der Waals surface area contributed by atoms with Gasteiger partial charge >= 0.3 is 0 Å². The maximum atomic E-state index is 12.4. The van der Waals surface area contributed by atoms with Gasteiger partial charge in [-0.25, -0.2) is 0 Å². The van der Waals surface area contributed by atoms with E-state index in [2.05, 4.69) is 15.2 Å². The number of para-hydroxylation sites is 1. The third-order valence-corrected chi connectivity index (χ3v) is 4.41. The molecule has 0 saturated carbocycles. The lowest BCUT2D eigenvalue weighted by molar-refractivity contribution is 0.102. The van der Waals surface area contributed by atoms with Crippen molar-refractivity contribution in [2.45, 2.75) is 25.7 Å². The molecule has 0 aliphatic carbocycles. The Balaban J connectivity index is 1.76. The third-order valence-electron chi connectivity index (χ3n) is 4.08. The van der Waals surface area contributed by atoms with Gasteiger partial charge in [-0.1, -0.05) is 36.6 Å². The van der Waals surface area contributed by atoms with Crippen LogP contribution in [0.25, 0.3) is 0 Å². The summed E-state index contributed by atoms with van der Waals surface area (Å²) in [6.07, 6.45) is 8.35. The number of carbonyl (C=O) groups excluding carboxylic acids is 1. The molecule has 1 N–H and O–H groups in total. The number of nitrogens with zero attached hydrogens (tertiary/aromatic N) is 2. The molecule has 1 aliphatic rings. The molecule has 1 saturated heterocycles. The van der Waals surface area contributed by atoms with Gasteiger partial charge in [0.15, 0.2) is 0 Å². The minimum Gasteiger partial charge on any atom is -0.370 e. The van der Waals surface area contributed by atoms with E-state index in [-0.39, 0.29) is 5.91 Å². The Morgan fingerprint density at radius 2 is 1.83 bits per heavy atom. The summed E-state index contributed by atoms with van der Waals surface area (Å²) < 4.78 is 0. The van der Waals surface area contributed by atoms with Gasteiger partial charge in [-0.05, 0) is 31.0 Å². The van der Waals surface area contributed by atoms with Crippen LogP contribution in [0.1, 0.15) is 36.0 Å². The number of anilines is 2. The number of hydrogen-bond acceptors (Lipinski definition) is 3. The van der Waals surface area contributed by atoms with Gasteiger partial charge in [0.1, 0.15) is 0 Å². The van der Waals surface area contributed by atoms with E-state index in [9.17, 15) is 4.79 Å². The first kappa shape index (κ1) is 15.8. The van der Waals surface area contributed by atoms with E-state index in [1.54, 1.807) is 18.3 Å². The van der Waals surface area contributed by atoms with E-state index in [4.69, 9.17) is 11.6 Å². The zero-order valence-corrected chi connectivity index (χ0v) is 13.7. The van der Waals surface area contributed by atoms with Crippen LogP contribution in [0.3, 0.4) is 0 Å². The number of benzene rings is 1. The molecule has 2 heterocycles. The predicted molar refractivity (Wildman–Crippen MR) is 94.3 cm³/mol. The van der Waals surface area contributed by atoms with Gasteiger partial charge < -0.3 is 10.2 Å². The van der Waals surface area contributed by atoms with Crippen LogP contribution in [0.15, 0.2) is 42.7 Å². The van der Waals surface area contributed by atoms with Crippen LogP contribution in [0.5, 0.6) is 0 Å². The van der Waals surface area contributed by atoms with E-state index < -0.39 is 0 Å². The van der Waals surface area contributed by atoms with Gasteiger partial charge in [-0.3, -0.25) is 9.78 Å². The van der Waals surface area contributed by atoms with Crippen LogP contribution in [-0.2, 0) is 0 Å². The molecule has 120 valence electrons. The van der Waals surface area contributed by atoms with Crippen molar-refractivity contribution in [2.75, 3.05) is 23.3 Å². The average Bonchev–Trinajstić information content (AvgIpc) is 2.86. The second-order valence-corrected chi connectivity index (χ2v) is 6.17. The molecule has 23 heavy (non-hydrogen) atoms. The number of rotatable bonds is 3. The molecule has 1 fully saturated rings. The van der Waals surface area contributed by atoms with Crippen LogP contribution in [0, 0.1) is 0 Å². The Hall–Kier alpha value is -2.07. The number of amides is 1. The number of nitrogens with one attached hydrogen (secondary N) is 1. The largest absolute Gasteiger partial charge is 0.370 e. The number of carbonyl (C=O) groups is 1. The molecule has 3 rings (SSSR count). The van der Waals surface area contributed by atoms with Crippen molar-refractivity contribution in [1.29, 1.82) is 0 Å². The van der Waals surface area contributed by atoms with Crippen LogP contribution in [-0.4, -0.2) is 24.0 Å². The molecule has 0 radical (unpaired) electrons. The van der Waals surface area contributed by atoms with E-state index in [1.807, 2.05) is 24.4 Å². The Morgan fingerprint density at radius 1 is 1.09 bits per heavy atom. The lowest BCUT2D eigenvalue weighted by Crippen LogP contribution is -2.24. The molecule has 1 amide bonds. The Kier molecular flexibility index (Phi) is 5.13. The van der Waals surface area contributed by atoms with Gasteiger partial charge in [0, 0.05) is 19.3 Å². The van der Waals surface area contributed by atoms with E-state index in [1.165, 1.54) is 25.7 Å². The molecule has 1 aromatic carbocycles. The highest BCUT2D eigenvalue weighted by Gasteiger charge is 2.14. The van der Waals surface area contributed by atoms with Gasteiger partial charge in [0.2, 0.25) is 0 Å². The Bertz CT molecular complexity index is 681. The summed E-state index contributed by atoms with van der Waals surface area (Å²) in [4.78, 5) is 19.0. The van der Waals surface area contributed by atoms with Crippen molar-refractivity contribution in [1.82, 2.24) is 4.98 Å². The highest BCUT2D eigenvalue weighted by Crippen LogP contribution is 2.23. The van der Waals surface area contributed by atoms with Crippen LogP contribution >= 0.6 is 11.6 Å². The smallest absolute Gasteiger partial charge is 0.257 e. The van der Waals surface area contributed by atoms with Gasteiger partial charge in [-0.2, -0.15) is 0 Å². The Morgan fingerprint density at radius 3 is 2.57 bits per heavy atom. The van der Waals surface area contributed by atoms with Gasteiger partial charge in [0.05, 0.1) is 28.2 Å². The zero-order chi connectivity index (χ0) is 16.1. The van der Waals surface area contributed by atoms with E-state index >= 15 is 0 Å². The summed E-state index contributed by atoms with van der Waals surface area (Å²) in [6.45, 7) is 2.05. The SMILES string of the molecule is O=C(Nc1ccccc1Cl)c1cncc(N2CCCCCC2)c1. The number of hydrogen-bond donors (Lipinski definition) is 1. The normalized spacial score (nSPS) is 15.1. The maximum Gasteiger partial charge on any atom is 0.257 e. The van der Waals surface area contributed by atoms with Crippen molar-refractivity contribution >= 4 is 28.9 Å². The Labute approximate surface area is 141 Å². The quantitative estimate of drug-likeness (QED) is 0.909. The minimum atomic E-state index is -0.192. The van der Waals surface area contributed by atoms with Crippen LogP contribution in [0.2, 0.25) is 5.02 Å². The zero-order valence-electron chi connectivity index (χ0n) is 13.0. The molecule has 0 bridgehead atoms. The molecule has 0 unspecified atom stereocenters. The number of pyridine rings is 1. The molecular weight excluding hydrogens is 310 g/mol. The molecule has 0 atom stereocenters. The monoisotopic (exact) mass is 329 g/mol. The maximum absolute atomic E-state index is 12.4. The fourth-order valence-corrected chi connectivity index (χ4v) is 2.99. The standard InChI is InChI=1S/C18H20ClN3O/c19-16-7-3-4-8-17(16)21-18(23)14-11-15(13-20-12-14)22-9-5-1-2-6-10-22/h3-4,7-8,11-13H,1-2,5-6,9-10H2,(H,21,23). The first-order valence-electron chi connectivity index (χ1n) is 8.00. The number of halogens is 1. The van der Waals surface area contributed by atoms with Crippen molar-refractivity contribution < 1.29 is 4.79 Å². The van der Waals surface area contributed by atoms with Crippen molar-refractivity contribution in [3.8, 4) is 0 Å². The summed E-state index contributed by atoms with van der Waals surface area (Å²) in [7, 11) is 0. The highest BCUT2D eigenvalue weighted by atomic mass is 35.5. The summed E-state index contributed by atoms with van der Waals surface area (Å²) in [5.74, 6) is -0.192.